The van der Waals surface area contributed by atoms with Gasteiger partial charge in [-0.1, -0.05) is 74.5 Å². The van der Waals surface area contributed by atoms with Crippen LogP contribution in [0.5, 0.6) is 0 Å². The Labute approximate surface area is 261 Å². The van der Waals surface area contributed by atoms with Crippen LogP contribution in [-0.2, 0) is 36.8 Å². The molecule has 0 spiro atoms. The number of esters is 1. The summed E-state index contributed by atoms with van der Waals surface area (Å²) in [5.41, 5.74) is -1.58. The summed E-state index contributed by atoms with van der Waals surface area (Å²) in [7, 11) is 0. The highest BCUT2D eigenvalue weighted by Gasteiger charge is 2.64. The summed E-state index contributed by atoms with van der Waals surface area (Å²) >= 11 is 0. The van der Waals surface area contributed by atoms with Crippen molar-refractivity contribution < 1.29 is 39.2 Å². The van der Waals surface area contributed by atoms with E-state index in [0.717, 1.165) is 11.1 Å². The zero-order chi connectivity index (χ0) is 32.4. The van der Waals surface area contributed by atoms with Crippen LogP contribution in [0.3, 0.4) is 0 Å². The fourth-order valence-corrected chi connectivity index (χ4v) is 6.11. The van der Waals surface area contributed by atoms with Gasteiger partial charge in [0.1, 0.15) is 17.9 Å². The highest BCUT2D eigenvalue weighted by atomic mass is 16.6. The first-order chi connectivity index (χ1) is 21.5. The van der Waals surface area contributed by atoms with Gasteiger partial charge in [0.15, 0.2) is 17.9 Å². The van der Waals surface area contributed by atoms with Crippen LogP contribution in [0.25, 0.3) is 0 Å². The SMILES string of the molecule is CC(=O)OC1C(O)[C@](CO)(CCO)O[C@H]1N1C=NC2(Cc3ccccc3)C(=O)N=C(NC(=O)C(C)C)N(Cc3ccccc3)C12. The average molecular weight is 622 g/mol. The number of nitrogens with zero attached hydrogens (tertiary/aromatic N) is 4. The number of aliphatic hydroxyl groups is 3. The predicted octanol–water partition coefficient (Wildman–Crippen LogP) is 0.571. The molecule has 3 aliphatic heterocycles. The largest absolute Gasteiger partial charge is 0.455 e. The Bertz CT molecular complexity index is 1450. The second-order valence-corrected chi connectivity index (χ2v) is 11.9. The molecule has 0 bridgehead atoms. The maximum Gasteiger partial charge on any atom is 0.303 e. The molecular formula is C32H39N5O8. The van der Waals surface area contributed by atoms with Crippen molar-refractivity contribution in [1.82, 2.24) is 15.1 Å². The number of benzene rings is 2. The van der Waals surface area contributed by atoms with Crippen molar-refractivity contribution in [1.29, 1.82) is 0 Å². The number of guanidine groups is 1. The van der Waals surface area contributed by atoms with Gasteiger partial charge in [-0.25, -0.2) is 0 Å². The second-order valence-electron chi connectivity index (χ2n) is 11.9. The van der Waals surface area contributed by atoms with E-state index in [1.54, 1.807) is 23.6 Å². The third-order valence-corrected chi connectivity index (χ3v) is 8.43. The Hall–Kier alpha value is -4.17. The highest BCUT2D eigenvalue weighted by Crippen LogP contribution is 2.44. The van der Waals surface area contributed by atoms with Crippen molar-refractivity contribution >= 4 is 30.1 Å². The lowest BCUT2D eigenvalue weighted by atomic mass is 9.85. The fourth-order valence-electron chi connectivity index (χ4n) is 6.11. The van der Waals surface area contributed by atoms with Gasteiger partial charge in [-0.05, 0) is 11.1 Å². The van der Waals surface area contributed by atoms with Gasteiger partial charge in [-0.3, -0.25) is 24.7 Å². The summed E-state index contributed by atoms with van der Waals surface area (Å²) in [5, 5.41) is 34.4. The predicted molar refractivity (Wildman–Crippen MR) is 162 cm³/mol. The van der Waals surface area contributed by atoms with Crippen LogP contribution in [0.2, 0.25) is 0 Å². The van der Waals surface area contributed by atoms with E-state index in [1.165, 1.54) is 13.3 Å². The maximum atomic E-state index is 14.2. The molecule has 13 nitrogen and oxygen atoms in total. The number of carbonyl (C=O) groups excluding carboxylic acids is 3. The second kappa shape index (κ2) is 13.1. The van der Waals surface area contributed by atoms with E-state index in [4.69, 9.17) is 14.5 Å². The standard InChI is InChI=1S/C32H39N5O8/c1-20(2)26(42)34-30-35-28(43)32(16-22-10-6-4-7-11-22)29(36(30)17-23-12-8-5-9-13-23)37(19-33-32)27-24(44-21(3)40)25(41)31(18-39,45-27)14-15-38/h4-13,19-20,24-25,27,29,38-39,41H,14-18H2,1-3H3,(H,34,35,42,43)/t24?,25?,27-,29?,31-,32?/m1/s1. The molecule has 13 heteroatoms. The van der Waals surface area contributed by atoms with Crippen LogP contribution < -0.4 is 5.32 Å². The molecule has 6 atom stereocenters. The van der Waals surface area contributed by atoms with Crippen LogP contribution in [0.15, 0.2) is 70.6 Å². The Balaban J connectivity index is 1.67. The molecule has 2 aromatic carbocycles. The lowest BCUT2D eigenvalue weighted by Gasteiger charge is -2.48. The minimum Gasteiger partial charge on any atom is -0.455 e. The number of ether oxygens (including phenoxy) is 2. The average Bonchev–Trinajstić information content (AvgIpc) is 3.52. The Morgan fingerprint density at radius 2 is 1.71 bits per heavy atom. The third-order valence-electron chi connectivity index (χ3n) is 8.43. The summed E-state index contributed by atoms with van der Waals surface area (Å²) in [6, 6.07) is 18.7. The minimum atomic E-state index is -1.68. The van der Waals surface area contributed by atoms with Crippen LogP contribution in [0.1, 0.15) is 38.3 Å². The first-order valence-electron chi connectivity index (χ1n) is 14.9. The van der Waals surface area contributed by atoms with E-state index in [9.17, 15) is 29.7 Å². The number of nitrogens with one attached hydrogen (secondary N) is 1. The number of aliphatic hydroxyl groups excluding tert-OH is 3. The zero-order valence-electron chi connectivity index (χ0n) is 25.4. The monoisotopic (exact) mass is 621 g/mol. The van der Waals surface area contributed by atoms with E-state index < -0.39 is 66.7 Å². The zero-order valence-corrected chi connectivity index (χ0v) is 25.4. The van der Waals surface area contributed by atoms with Crippen molar-refractivity contribution in [2.24, 2.45) is 15.9 Å². The van der Waals surface area contributed by atoms with Crippen molar-refractivity contribution in [3.63, 3.8) is 0 Å². The van der Waals surface area contributed by atoms with E-state index in [2.05, 4.69) is 10.3 Å². The molecular weight excluding hydrogens is 582 g/mol. The van der Waals surface area contributed by atoms with Crippen LogP contribution >= 0.6 is 0 Å². The van der Waals surface area contributed by atoms with E-state index >= 15 is 0 Å². The smallest absolute Gasteiger partial charge is 0.303 e. The molecule has 1 saturated heterocycles. The van der Waals surface area contributed by atoms with Gasteiger partial charge in [0.25, 0.3) is 5.91 Å². The third kappa shape index (κ3) is 6.08. The molecule has 240 valence electrons. The van der Waals surface area contributed by atoms with Crippen molar-refractivity contribution in [2.45, 2.75) is 75.9 Å². The summed E-state index contributed by atoms with van der Waals surface area (Å²) < 4.78 is 11.9. The summed E-state index contributed by atoms with van der Waals surface area (Å²) in [5.74, 6) is -2.07. The molecule has 5 rings (SSSR count). The van der Waals surface area contributed by atoms with Gasteiger partial charge in [0.05, 0.1) is 12.9 Å². The Morgan fingerprint density at radius 1 is 1.07 bits per heavy atom. The highest BCUT2D eigenvalue weighted by molar-refractivity contribution is 6.08. The maximum absolute atomic E-state index is 14.2. The lowest BCUT2D eigenvalue weighted by Crippen LogP contribution is -2.69. The first kappa shape index (κ1) is 32.2. The summed E-state index contributed by atoms with van der Waals surface area (Å²) in [6.07, 6.45) is -3.73. The molecule has 0 aromatic heterocycles. The van der Waals surface area contributed by atoms with Gasteiger partial charge in [0, 0.05) is 38.8 Å². The van der Waals surface area contributed by atoms with Gasteiger partial charge in [-0.2, -0.15) is 4.99 Å². The van der Waals surface area contributed by atoms with Crippen molar-refractivity contribution in [2.75, 3.05) is 13.2 Å². The molecule has 0 radical (unpaired) electrons. The molecule has 4 N–H and O–H groups in total. The Morgan fingerprint density at radius 3 is 2.29 bits per heavy atom. The van der Waals surface area contributed by atoms with Gasteiger partial charge in [-0.15, -0.1) is 0 Å². The molecule has 2 aromatic rings. The van der Waals surface area contributed by atoms with Crippen LogP contribution in [-0.4, -0.2) is 104 Å². The minimum absolute atomic E-state index is 0.0121. The molecule has 0 aliphatic carbocycles. The molecule has 4 unspecified atom stereocenters. The molecule has 3 aliphatic rings. The topological polar surface area (TPSA) is 174 Å². The van der Waals surface area contributed by atoms with Crippen LogP contribution in [0.4, 0.5) is 0 Å². The van der Waals surface area contributed by atoms with Crippen molar-refractivity contribution in [3.8, 4) is 0 Å². The lowest BCUT2D eigenvalue weighted by molar-refractivity contribution is -0.168. The molecule has 45 heavy (non-hydrogen) atoms. The summed E-state index contributed by atoms with van der Waals surface area (Å²) in [4.78, 5) is 51.9. The first-order valence-corrected chi connectivity index (χ1v) is 14.9. The normalized spacial score (nSPS) is 29.1. The van der Waals surface area contributed by atoms with Crippen molar-refractivity contribution in [3.05, 3.63) is 71.8 Å². The molecule has 2 amide bonds. The number of aliphatic imine (C=N–C) groups is 2. The number of hydrogen-bond acceptors (Lipinski definition) is 11. The molecule has 1 fully saturated rings. The molecule has 0 saturated carbocycles. The number of amides is 2. The fraction of sp³-hybridized carbons (Fsp3) is 0.469. The van der Waals surface area contributed by atoms with E-state index in [0.29, 0.717) is 0 Å². The Kier molecular flexibility index (Phi) is 9.35. The number of hydrogen-bond donors (Lipinski definition) is 4. The number of carbonyl (C=O) groups is 3. The van der Waals surface area contributed by atoms with Gasteiger partial charge < -0.3 is 34.6 Å². The van der Waals surface area contributed by atoms with Gasteiger partial charge in [0.2, 0.25) is 11.9 Å². The van der Waals surface area contributed by atoms with E-state index in [-0.39, 0.29) is 31.3 Å². The summed E-state index contributed by atoms with van der Waals surface area (Å²) in [6.45, 7) is 3.70. The van der Waals surface area contributed by atoms with Crippen LogP contribution in [0, 0.1) is 5.92 Å². The van der Waals surface area contributed by atoms with Gasteiger partial charge >= 0.3 is 5.97 Å². The van der Waals surface area contributed by atoms with E-state index in [1.807, 2.05) is 60.7 Å². The molecule has 3 heterocycles. The quantitative estimate of drug-likeness (QED) is 0.275. The number of fused-ring (bicyclic) bond motifs is 1. The number of rotatable bonds is 10.